The van der Waals surface area contributed by atoms with Crippen LogP contribution >= 0.6 is 0 Å². The van der Waals surface area contributed by atoms with E-state index in [2.05, 4.69) is 15.1 Å². The van der Waals surface area contributed by atoms with Crippen molar-refractivity contribution in [3.05, 3.63) is 53.1 Å². The van der Waals surface area contributed by atoms with Crippen LogP contribution in [0.5, 0.6) is 0 Å². The van der Waals surface area contributed by atoms with Crippen molar-refractivity contribution in [2.75, 3.05) is 18.5 Å². The molecule has 2 aliphatic heterocycles. The molecule has 1 aromatic carbocycles. The Morgan fingerprint density at radius 3 is 2.19 bits per heavy atom. The number of hydrazone groups is 1. The predicted octanol–water partition coefficient (Wildman–Crippen LogP) is 6.46. The van der Waals surface area contributed by atoms with E-state index in [1.165, 1.54) is 0 Å². The normalized spacial score (nSPS) is 26.4. The summed E-state index contributed by atoms with van der Waals surface area (Å²) >= 11 is 0. The number of anilines is 1. The standard InChI is InChI=1S/C33H42F4N6O4/c1-4-26-13-28(14-27(5-2)43(26)32(46)47-29-8-6-21(7-9-29)30(44)45)42(18-20-10-24(33(35,36)37)12-25(34)11-20)31-38-15-22(16-39-31)23-17-40-41(3)19-23/h10-12,15-17,21,23,26-29H,4-9,13-14,18-19H2,1-3H3,(H,44,45)/t21?,23?,26-,27+,28?,29?. The zero-order chi connectivity index (χ0) is 33.9. The number of carboxylic acids is 1. The number of carbonyl (C=O) groups excluding carboxylic acids is 1. The number of halogens is 4. The number of amides is 1. The zero-order valence-corrected chi connectivity index (χ0v) is 26.9. The lowest BCUT2D eigenvalue weighted by Gasteiger charge is -2.47. The lowest BCUT2D eigenvalue weighted by molar-refractivity contribution is -0.143. The van der Waals surface area contributed by atoms with Gasteiger partial charge in [-0.05, 0) is 80.7 Å². The van der Waals surface area contributed by atoms with Gasteiger partial charge in [-0.25, -0.2) is 19.2 Å². The minimum atomic E-state index is -4.71. The van der Waals surface area contributed by atoms with Crippen LogP contribution < -0.4 is 4.90 Å². The van der Waals surface area contributed by atoms with Crippen molar-refractivity contribution in [1.82, 2.24) is 19.9 Å². The molecule has 1 saturated carbocycles. The number of aliphatic carboxylic acids is 1. The number of rotatable bonds is 9. The van der Waals surface area contributed by atoms with Gasteiger partial charge in [0.1, 0.15) is 11.9 Å². The number of benzene rings is 1. The highest BCUT2D eigenvalue weighted by Crippen LogP contribution is 2.36. The van der Waals surface area contributed by atoms with E-state index in [0.717, 1.165) is 17.7 Å². The summed E-state index contributed by atoms with van der Waals surface area (Å²) in [6, 6.07) is 1.77. The fourth-order valence-electron chi connectivity index (χ4n) is 7.06. The number of likely N-dealkylation sites (tertiary alicyclic amines) is 1. The number of carboxylic acid groups (broad SMARTS) is 1. The zero-order valence-electron chi connectivity index (χ0n) is 26.9. The Morgan fingerprint density at radius 2 is 1.66 bits per heavy atom. The molecule has 14 heteroatoms. The first-order valence-corrected chi connectivity index (χ1v) is 16.3. The predicted molar refractivity (Wildman–Crippen MR) is 166 cm³/mol. The number of aromatic nitrogens is 2. The molecule has 3 heterocycles. The first kappa shape index (κ1) is 34.4. The van der Waals surface area contributed by atoms with Gasteiger partial charge in [0, 0.05) is 62.8 Å². The van der Waals surface area contributed by atoms with E-state index in [0.29, 0.717) is 69.9 Å². The SMILES string of the molecule is CC[C@@H]1CC(N(Cc2cc(F)cc(C(F)(F)F)c2)c2ncc(C3C=NN(C)C3)cn2)C[C@H](CC)N1C(=O)OC1CCC(C(=O)O)CC1. The number of hydrogen-bond donors (Lipinski definition) is 1. The summed E-state index contributed by atoms with van der Waals surface area (Å²) in [5, 5.41) is 15.4. The van der Waals surface area contributed by atoms with Crippen LogP contribution in [0.15, 0.2) is 35.7 Å². The highest BCUT2D eigenvalue weighted by molar-refractivity contribution is 5.71. The van der Waals surface area contributed by atoms with Gasteiger partial charge in [0.05, 0.1) is 11.5 Å². The summed E-state index contributed by atoms with van der Waals surface area (Å²) in [5.41, 5.74) is -0.0876. The summed E-state index contributed by atoms with van der Waals surface area (Å²) in [7, 11) is 1.86. The quantitative estimate of drug-likeness (QED) is 0.305. The van der Waals surface area contributed by atoms with Gasteiger partial charge in [-0.3, -0.25) is 9.80 Å². The molecule has 256 valence electrons. The van der Waals surface area contributed by atoms with Gasteiger partial charge in [-0.15, -0.1) is 0 Å². The molecule has 0 spiro atoms. The summed E-state index contributed by atoms with van der Waals surface area (Å²) < 4.78 is 61.3. The van der Waals surface area contributed by atoms with E-state index in [-0.39, 0.29) is 42.3 Å². The van der Waals surface area contributed by atoms with Gasteiger partial charge in [-0.2, -0.15) is 18.3 Å². The molecule has 5 rings (SSSR count). The van der Waals surface area contributed by atoms with E-state index in [1.54, 1.807) is 17.3 Å². The Bertz CT molecular complexity index is 1420. The fraction of sp³-hybridized carbons (Fsp3) is 0.606. The van der Waals surface area contributed by atoms with E-state index in [4.69, 9.17) is 4.74 Å². The Morgan fingerprint density at radius 1 is 1.02 bits per heavy atom. The molecular weight excluding hydrogens is 620 g/mol. The number of alkyl halides is 3. The average molecular weight is 663 g/mol. The molecule has 10 nitrogen and oxygen atoms in total. The maximum absolute atomic E-state index is 14.5. The molecule has 1 amide bonds. The summed E-state index contributed by atoms with van der Waals surface area (Å²) in [5.74, 6) is -1.93. The number of likely N-dealkylation sites (N-methyl/N-ethyl adjacent to an activating group) is 1. The molecule has 2 aromatic rings. The highest BCUT2D eigenvalue weighted by Gasteiger charge is 2.42. The molecule has 4 atom stereocenters. The maximum Gasteiger partial charge on any atom is 0.416 e. The van der Waals surface area contributed by atoms with Gasteiger partial charge < -0.3 is 19.6 Å². The second kappa shape index (κ2) is 14.4. The van der Waals surface area contributed by atoms with Crippen LogP contribution in [0.4, 0.5) is 28.3 Å². The van der Waals surface area contributed by atoms with E-state index in [1.807, 2.05) is 37.0 Å². The van der Waals surface area contributed by atoms with Gasteiger partial charge in [0.15, 0.2) is 0 Å². The Labute approximate surface area is 271 Å². The first-order valence-electron chi connectivity index (χ1n) is 16.3. The second-order valence-electron chi connectivity index (χ2n) is 12.9. The molecular formula is C33H42F4N6O4. The third-order valence-electron chi connectivity index (χ3n) is 9.65. The van der Waals surface area contributed by atoms with E-state index >= 15 is 0 Å². The van der Waals surface area contributed by atoms with Crippen molar-refractivity contribution < 1.29 is 37.0 Å². The van der Waals surface area contributed by atoms with Gasteiger partial charge in [0.2, 0.25) is 5.95 Å². The molecule has 1 aromatic heterocycles. The molecule has 2 fully saturated rings. The number of nitrogens with zero attached hydrogens (tertiary/aromatic N) is 6. The van der Waals surface area contributed by atoms with Crippen molar-refractivity contribution >= 4 is 24.2 Å². The molecule has 47 heavy (non-hydrogen) atoms. The van der Waals surface area contributed by atoms with Crippen molar-refractivity contribution in [1.29, 1.82) is 0 Å². The average Bonchev–Trinajstić information content (AvgIpc) is 3.48. The van der Waals surface area contributed by atoms with Crippen molar-refractivity contribution in [3.8, 4) is 0 Å². The van der Waals surface area contributed by atoms with Crippen molar-refractivity contribution in [2.45, 2.75) is 108 Å². The van der Waals surface area contributed by atoms with Crippen LogP contribution in [-0.2, 0) is 22.3 Å². The van der Waals surface area contributed by atoms with Gasteiger partial charge in [0.25, 0.3) is 0 Å². The lowest BCUT2D eigenvalue weighted by Crippen LogP contribution is -2.57. The number of hydrogen-bond acceptors (Lipinski definition) is 8. The van der Waals surface area contributed by atoms with Gasteiger partial charge in [-0.1, -0.05) is 13.8 Å². The molecule has 3 aliphatic rings. The van der Waals surface area contributed by atoms with E-state index < -0.39 is 35.5 Å². The number of carbonyl (C=O) groups is 2. The highest BCUT2D eigenvalue weighted by atomic mass is 19.4. The lowest BCUT2D eigenvalue weighted by atomic mass is 9.87. The molecule has 2 unspecified atom stereocenters. The van der Waals surface area contributed by atoms with Crippen LogP contribution in [0.25, 0.3) is 0 Å². The fourth-order valence-corrected chi connectivity index (χ4v) is 7.06. The van der Waals surface area contributed by atoms with Crippen LogP contribution in [0.2, 0.25) is 0 Å². The van der Waals surface area contributed by atoms with Crippen molar-refractivity contribution in [3.63, 3.8) is 0 Å². The number of ether oxygens (including phenoxy) is 1. The smallest absolute Gasteiger partial charge is 0.416 e. The minimum absolute atomic E-state index is 0.00225. The Hall–Kier alpha value is -3.97. The van der Waals surface area contributed by atoms with Crippen LogP contribution in [0.3, 0.4) is 0 Å². The maximum atomic E-state index is 14.5. The number of piperidine rings is 1. The van der Waals surface area contributed by atoms with Crippen molar-refractivity contribution in [2.24, 2.45) is 11.0 Å². The molecule has 1 N–H and O–H groups in total. The topological polar surface area (TPSA) is 111 Å². The first-order chi connectivity index (χ1) is 22.4. The summed E-state index contributed by atoms with van der Waals surface area (Å²) in [6.45, 7) is 4.54. The minimum Gasteiger partial charge on any atom is -0.481 e. The molecule has 0 bridgehead atoms. The monoisotopic (exact) mass is 662 g/mol. The summed E-state index contributed by atoms with van der Waals surface area (Å²) in [6.07, 6.45) is 3.75. The third kappa shape index (κ3) is 8.13. The van der Waals surface area contributed by atoms with Crippen LogP contribution in [0, 0.1) is 11.7 Å². The third-order valence-corrected chi connectivity index (χ3v) is 9.65. The Balaban J connectivity index is 1.40. The molecule has 1 saturated heterocycles. The molecule has 1 aliphatic carbocycles. The second-order valence-corrected chi connectivity index (χ2v) is 12.9. The largest absolute Gasteiger partial charge is 0.481 e. The van der Waals surface area contributed by atoms with Crippen LogP contribution in [0.1, 0.15) is 87.8 Å². The van der Waals surface area contributed by atoms with E-state index in [9.17, 15) is 32.3 Å². The molecule has 0 radical (unpaired) electrons. The Kier molecular flexibility index (Phi) is 10.5. The van der Waals surface area contributed by atoms with Gasteiger partial charge >= 0.3 is 18.2 Å². The summed E-state index contributed by atoms with van der Waals surface area (Å²) in [4.78, 5) is 37.8. The van der Waals surface area contributed by atoms with Crippen LogP contribution in [-0.4, -0.2) is 81.1 Å².